The number of oxime groups is 1. The van der Waals surface area contributed by atoms with Crippen LogP contribution in [-0.4, -0.2) is 58.3 Å². The van der Waals surface area contributed by atoms with Crippen LogP contribution in [-0.2, 0) is 25.7 Å². The number of aryl methyl sites for hydroxylation is 1. The smallest absolute Gasteiger partial charge is 0.303 e. The average Bonchev–Trinajstić information content (AvgIpc) is 3.43. The molecule has 12 heteroatoms. The van der Waals surface area contributed by atoms with Crippen molar-refractivity contribution in [1.82, 2.24) is 20.6 Å². The Morgan fingerprint density at radius 1 is 1.15 bits per heavy atom. The number of carbonyl (C=O) groups is 3. The molecule has 220 valence electrons. The van der Waals surface area contributed by atoms with E-state index in [1.54, 1.807) is 39.0 Å². The monoisotopic (exact) mass is 569 g/mol. The number of halogens is 1. The Balaban J connectivity index is 1.30. The number of aromatic nitrogens is 2. The van der Waals surface area contributed by atoms with Gasteiger partial charge in [0, 0.05) is 25.9 Å². The minimum absolute atomic E-state index is 0.0183. The van der Waals surface area contributed by atoms with Crippen LogP contribution in [0.5, 0.6) is 5.75 Å². The second-order valence-corrected chi connectivity index (χ2v) is 10.3. The van der Waals surface area contributed by atoms with Crippen LogP contribution in [0.15, 0.2) is 29.4 Å². The number of nitrogens with zero attached hydrogens (tertiary/aromatic N) is 3. The molecule has 1 saturated carbocycles. The fourth-order valence-corrected chi connectivity index (χ4v) is 5.09. The van der Waals surface area contributed by atoms with Crippen LogP contribution in [0.3, 0.4) is 0 Å². The maximum atomic E-state index is 13.8. The number of amides is 2. The Bertz CT molecular complexity index is 1310. The van der Waals surface area contributed by atoms with Gasteiger partial charge in [-0.05, 0) is 76.1 Å². The number of esters is 1. The molecule has 1 aliphatic heterocycles. The highest BCUT2D eigenvalue weighted by atomic mass is 19.1. The number of ether oxygens (including phenoxy) is 2. The molecule has 0 radical (unpaired) electrons. The zero-order valence-corrected chi connectivity index (χ0v) is 23.7. The van der Waals surface area contributed by atoms with Gasteiger partial charge in [-0.2, -0.15) is 0 Å². The van der Waals surface area contributed by atoms with E-state index < -0.39 is 23.8 Å². The Morgan fingerprint density at radius 3 is 2.61 bits per heavy atom. The van der Waals surface area contributed by atoms with Gasteiger partial charge in [0.05, 0.1) is 12.3 Å². The zero-order valence-electron chi connectivity index (χ0n) is 23.7. The van der Waals surface area contributed by atoms with E-state index in [1.165, 1.54) is 13.0 Å². The number of nitrogens with one attached hydrogen (secondary N) is 2. The van der Waals surface area contributed by atoms with E-state index in [9.17, 15) is 18.8 Å². The van der Waals surface area contributed by atoms with Crippen molar-refractivity contribution in [3.05, 3.63) is 52.9 Å². The predicted octanol–water partition coefficient (Wildman–Crippen LogP) is 3.37. The SMILES string of the molecule is CCOc1cc(CNC(=O)c2cc(C3=NOC(C4CCC(NC(=O)[C@H](C)OC(C)=O)CC4)C3)nc(C)n2)ccc1F. The molecule has 0 bridgehead atoms. The van der Waals surface area contributed by atoms with E-state index in [1.807, 2.05) is 0 Å². The zero-order chi connectivity index (χ0) is 29.5. The Hall–Kier alpha value is -4.09. The Kier molecular flexibility index (Phi) is 9.85. The molecule has 11 nitrogen and oxygen atoms in total. The van der Waals surface area contributed by atoms with Crippen molar-refractivity contribution in [2.75, 3.05) is 6.61 Å². The third kappa shape index (κ3) is 7.99. The van der Waals surface area contributed by atoms with Gasteiger partial charge >= 0.3 is 5.97 Å². The van der Waals surface area contributed by atoms with E-state index >= 15 is 0 Å². The van der Waals surface area contributed by atoms with E-state index in [-0.39, 0.29) is 42.0 Å². The van der Waals surface area contributed by atoms with Gasteiger partial charge in [0.2, 0.25) is 0 Å². The van der Waals surface area contributed by atoms with E-state index in [0.717, 1.165) is 25.7 Å². The van der Waals surface area contributed by atoms with Gasteiger partial charge in [-0.25, -0.2) is 14.4 Å². The quantitative estimate of drug-likeness (QED) is 0.415. The standard InChI is InChI=1S/C29H36FN5O6/c1-5-39-27-12-19(6-11-22(27)30)15-31-29(38)25-13-23(32-17(3)33-25)24-14-26(41-35-24)20-7-9-21(10-8-20)34-28(37)16(2)40-18(4)36/h6,11-13,16,20-21,26H,5,7-10,14-15H2,1-4H3,(H,31,38)(H,34,37)/t16-,20?,21?,26?/m0/s1. The summed E-state index contributed by atoms with van der Waals surface area (Å²) in [5.41, 5.74) is 2.08. The lowest BCUT2D eigenvalue weighted by atomic mass is 9.81. The van der Waals surface area contributed by atoms with Crippen LogP contribution in [0.25, 0.3) is 0 Å². The molecule has 4 rings (SSSR count). The molecule has 2 amide bonds. The molecule has 0 saturated heterocycles. The van der Waals surface area contributed by atoms with Gasteiger partial charge < -0.3 is 24.9 Å². The summed E-state index contributed by atoms with van der Waals surface area (Å²) in [5, 5.41) is 10.0. The lowest BCUT2D eigenvalue weighted by molar-refractivity contribution is -0.153. The maximum Gasteiger partial charge on any atom is 0.303 e. The fourth-order valence-electron chi connectivity index (χ4n) is 5.09. The van der Waals surface area contributed by atoms with Gasteiger partial charge in [0.1, 0.15) is 23.3 Å². The lowest BCUT2D eigenvalue weighted by Gasteiger charge is -2.31. The summed E-state index contributed by atoms with van der Waals surface area (Å²) in [5.74, 6) is -0.797. The number of carbonyl (C=O) groups excluding carboxylic acids is 3. The maximum absolute atomic E-state index is 13.8. The number of hydrogen-bond acceptors (Lipinski definition) is 9. The van der Waals surface area contributed by atoms with Gasteiger partial charge in [-0.15, -0.1) is 0 Å². The van der Waals surface area contributed by atoms with Crippen LogP contribution < -0.4 is 15.4 Å². The molecule has 0 spiro atoms. The molecule has 2 aliphatic rings. The van der Waals surface area contributed by atoms with Crippen molar-refractivity contribution in [3.8, 4) is 5.75 Å². The van der Waals surface area contributed by atoms with E-state index in [2.05, 4.69) is 25.8 Å². The largest absolute Gasteiger partial charge is 0.491 e. The van der Waals surface area contributed by atoms with Crippen molar-refractivity contribution < 1.29 is 33.1 Å². The number of rotatable bonds is 10. The summed E-state index contributed by atoms with van der Waals surface area (Å²) >= 11 is 0. The topological polar surface area (TPSA) is 141 Å². The molecule has 1 aromatic carbocycles. The van der Waals surface area contributed by atoms with Crippen molar-refractivity contribution in [2.45, 2.75) is 84.6 Å². The fraction of sp³-hybridized carbons (Fsp3) is 0.517. The lowest BCUT2D eigenvalue weighted by Crippen LogP contribution is -2.44. The first-order chi connectivity index (χ1) is 19.6. The first-order valence-corrected chi connectivity index (χ1v) is 13.9. The number of benzene rings is 1. The summed E-state index contributed by atoms with van der Waals surface area (Å²) in [6.07, 6.45) is 2.89. The minimum Gasteiger partial charge on any atom is -0.491 e. The first-order valence-electron chi connectivity index (χ1n) is 13.9. The summed E-state index contributed by atoms with van der Waals surface area (Å²) in [6.45, 7) is 6.83. The molecule has 1 aliphatic carbocycles. The number of hydrogen-bond donors (Lipinski definition) is 2. The third-order valence-corrected chi connectivity index (χ3v) is 7.16. The van der Waals surface area contributed by atoms with Gasteiger partial charge in [-0.1, -0.05) is 11.2 Å². The van der Waals surface area contributed by atoms with Crippen molar-refractivity contribution in [3.63, 3.8) is 0 Å². The molecule has 41 heavy (non-hydrogen) atoms. The Labute approximate surface area is 238 Å². The molecule has 2 atom stereocenters. The van der Waals surface area contributed by atoms with Crippen molar-refractivity contribution in [2.24, 2.45) is 11.1 Å². The molecule has 1 fully saturated rings. The van der Waals surface area contributed by atoms with E-state index in [0.29, 0.717) is 35.8 Å². The van der Waals surface area contributed by atoms with Gasteiger partial charge in [0.15, 0.2) is 17.7 Å². The molecule has 2 aromatic rings. The molecule has 2 N–H and O–H groups in total. The molecular weight excluding hydrogens is 533 g/mol. The van der Waals surface area contributed by atoms with Crippen LogP contribution >= 0.6 is 0 Å². The molecular formula is C29H36FN5O6. The van der Waals surface area contributed by atoms with Crippen LogP contribution in [0.2, 0.25) is 0 Å². The highest BCUT2D eigenvalue weighted by Gasteiger charge is 2.35. The molecule has 1 aromatic heterocycles. The van der Waals surface area contributed by atoms with Crippen molar-refractivity contribution >= 4 is 23.5 Å². The highest BCUT2D eigenvalue weighted by Crippen LogP contribution is 2.33. The molecule has 1 unspecified atom stereocenters. The summed E-state index contributed by atoms with van der Waals surface area (Å²) in [6, 6.07) is 6.07. The highest BCUT2D eigenvalue weighted by molar-refractivity contribution is 6.02. The summed E-state index contributed by atoms with van der Waals surface area (Å²) in [7, 11) is 0. The minimum atomic E-state index is -0.821. The summed E-state index contributed by atoms with van der Waals surface area (Å²) < 4.78 is 24.1. The average molecular weight is 570 g/mol. The van der Waals surface area contributed by atoms with Crippen LogP contribution in [0.1, 0.15) is 80.4 Å². The second kappa shape index (κ2) is 13.5. The van der Waals surface area contributed by atoms with Crippen molar-refractivity contribution in [1.29, 1.82) is 0 Å². The van der Waals surface area contributed by atoms with Gasteiger partial charge in [0.25, 0.3) is 11.8 Å². The van der Waals surface area contributed by atoms with Crippen LogP contribution in [0.4, 0.5) is 4.39 Å². The first kappa shape index (κ1) is 29.9. The third-order valence-electron chi connectivity index (χ3n) is 7.16. The predicted molar refractivity (Wildman–Crippen MR) is 147 cm³/mol. The second-order valence-electron chi connectivity index (χ2n) is 10.3. The van der Waals surface area contributed by atoms with E-state index in [4.69, 9.17) is 14.3 Å². The van der Waals surface area contributed by atoms with Gasteiger partial charge in [-0.3, -0.25) is 14.4 Å². The summed E-state index contributed by atoms with van der Waals surface area (Å²) in [4.78, 5) is 50.8. The van der Waals surface area contributed by atoms with Crippen LogP contribution in [0, 0.1) is 18.7 Å². The normalized spacial score (nSPS) is 20.8. The Morgan fingerprint density at radius 2 is 1.90 bits per heavy atom. The molecule has 2 heterocycles.